The van der Waals surface area contributed by atoms with E-state index in [1.807, 2.05) is 12.1 Å². The van der Waals surface area contributed by atoms with Crippen LogP contribution in [-0.4, -0.2) is 10.8 Å². The van der Waals surface area contributed by atoms with E-state index in [4.69, 9.17) is 4.42 Å². The lowest BCUT2D eigenvalue weighted by Crippen LogP contribution is -1.99. The fourth-order valence-corrected chi connectivity index (χ4v) is 2.10. The van der Waals surface area contributed by atoms with Crippen molar-refractivity contribution in [2.45, 2.75) is 12.8 Å². The molecule has 0 atom stereocenters. The van der Waals surface area contributed by atoms with Crippen LogP contribution in [0.25, 0.3) is 11.0 Å². The van der Waals surface area contributed by atoms with Gasteiger partial charge < -0.3 is 4.42 Å². The van der Waals surface area contributed by atoms with Gasteiger partial charge in [-0.3, -0.25) is 9.78 Å². The van der Waals surface area contributed by atoms with E-state index in [0.29, 0.717) is 18.2 Å². The lowest BCUT2D eigenvalue weighted by atomic mass is 10.1. The number of furan rings is 1. The normalized spacial score (nSPS) is 10.8. The molecule has 3 nitrogen and oxygen atoms in total. The van der Waals surface area contributed by atoms with Gasteiger partial charge in [-0.05, 0) is 36.2 Å². The van der Waals surface area contributed by atoms with Crippen molar-refractivity contribution in [1.29, 1.82) is 0 Å². The van der Waals surface area contributed by atoms with Gasteiger partial charge in [0.05, 0.1) is 0 Å². The van der Waals surface area contributed by atoms with Gasteiger partial charge in [0, 0.05) is 24.2 Å². The van der Waals surface area contributed by atoms with Crippen LogP contribution in [0, 0.1) is 5.82 Å². The zero-order chi connectivity index (χ0) is 13.9. The van der Waals surface area contributed by atoms with Gasteiger partial charge >= 0.3 is 0 Å². The Hall–Kier alpha value is -2.49. The highest BCUT2D eigenvalue weighted by Gasteiger charge is 2.14. The van der Waals surface area contributed by atoms with Crippen LogP contribution in [0.5, 0.6) is 0 Å². The second-order valence-electron chi connectivity index (χ2n) is 4.55. The topological polar surface area (TPSA) is 43.1 Å². The summed E-state index contributed by atoms with van der Waals surface area (Å²) in [5.74, 6) is -0.368. The summed E-state index contributed by atoms with van der Waals surface area (Å²) in [6.45, 7) is 0. The third kappa shape index (κ3) is 2.45. The highest BCUT2D eigenvalue weighted by molar-refractivity contribution is 5.97. The maximum Gasteiger partial charge on any atom is 0.198 e. The largest absolute Gasteiger partial charge is 0.450 e. The van der Waals surface area contributed by atoms with Gasteiger partial charge in [-0.25, -0.2) is 4.39 Å². The number of Topliss-reactive ketones (excluding diaryl/α,β-unsaturated/α-hetero) is 1. The standard InChI is InChI=1S/C16H12FNO2/c17-13-3-1-2-12-10-15(20-16(12)13)14(19)5-4-11-6-8-18-9-7-11/h1-3,6-10H,4-5H2. The van der Waals surface area contributed by atoms with Crippen LogP contribution in [0.4, 0.5) is 4.39 Å². The first-order valence-electron chi connectivity index (χ1n) is 6.34. The molecule has 0 aliphatic heterocycles. The Kier molecular flexibility index (Phi) is 3.29. The molecule has 2 heterocycles. The van der Waals surface area contributed by atoms with E-state index in [-0.39, 0.29) is 17.1 Å². The first kappa shape index (κ1) is 12.5. The van der Waals surface area contributed by atoms with Crippen LogP contribution in [0.3, 0.4) is 0 Å². The van der Waals surface area contributed by atoms with Gasteiger partial charge in [0.1, 0.15) is 0 Å². The Bertz CT molecular complexity index is 750. The Morgan fingerprint density at radius 3 is 2.75 bits per heavy atom. The Morgan fingerprint density at radius 1 is 1.20 bits per heavy atom. The first-order valence-corrected chi connectivity index (χ1v) is 6.34. The SMILES string of the molecule is O=C(CCc1ccncc1)c1cc2cccc(F)c2o1. The molecule has 0 saturated heterocycles. The van der Waals surface area contributed by atoms with Crippen molar-refractivity contribution < 1.29 is 13.6 Å². The second kappa shape index (κ2) is 5.25. The molecule has 3 rings (SSSR count). The molecule has 3 aromatic rings. The zero-order valence-electron chi connectivity index (χ0n) is 10.7. The molecular formula is C16H12FNO2. The summed E-state index contributed by atoms with van der Waals surface area (Å²) in [7, 11) is 0. The van der Waals surface area contributed by atoms with E-state index in [1.54, 1.807) is 30.6 Å². The van der Waals surface area contributed by atoms with Gasteiger partial charge in [0.15, 0.2) is 22.9 Å². The second-order valence-corrected chi connectivity index (χ2v) is 4.55. The molecule has 0 bridgehead atoms. The third-order valence-corrected chi connectivity index (χ3v) is 3.16. The number of para-hydroxylation sites is 1. The average Bonchev–Trinajstić information content (AvgIpc) is 2.91. The van der Waals surface area contributed by atoms with Crippen LogP contribution in [0.15, 0.2) is 53.2 Å². The fraction of sp³-hybridized carbons (Fsp3) is 0.125. The zero-order valence-corrected chi connectivity index (χ0v) is 10.7. The molecule has 0 fully saturated rings. The molecule has 0 unspecified atom stereocenters. The molecule has 20 heavy (non-hydrogen) atoms. The maximum absolute atomic E-state index is 13.5. The number of pyridine rings is 1. The molecular weight excluding hydrogens is 257 g/mol. The lowest BCUT2D eigenvalue weighted by Gasteiger charge is -1.98. The smallest absolute Gasteiger partial charge is 0.198 e. The number of ketones is 1. The highest BCUT2D eigenvalue weighted by Crippen LogP contribution is 2.23. The molecule has 4 heteroatoms. The van der Waals surface area contributed by atoms with E-state index in [9.17, 15) is 9.18 Å². The summed E-state index contributed by atoms with van der Waals surface area (Å²) < 4.78 is 18.8. The molecule has 0 saturated carbocycles. The monoisotopic (exact) mass is 269 g/mol. The van der Waals surface area contributed by atoms with Gasteiger partial charge in [-0.15, -0.1) is 0 Å². The van der Waals surface area contributed by atoms with Gasteiger partial charge in [-0.1, -0.05) is 12.1 Å². The summed E-state index contributed by atoms with van der Waals surface area (Å²) >= 11 is 0. The summed E-state index contributed by atoms with van der Waals surface area (Å²) in [6.07, 6.45) is 4.32. The molecule has 1 aromatic carbocycles. The molecule has 2 aromatic heterocycles. The van der Waals surface area contributed by atoms with Crippen molar-refractivity contribution in [3.63, 3.8) is 0 Å². The van der Waals surface area contributed by atoms with E-state index in [1.165, 1.54) is 6.07 Å². The lowest BCUT2D eigenvalue weighted by molar-refractivity contribution is 0.0958. The minimum Gasteiger partial charge on any atom is -0.450 e. The van der Waals surface area contributed by atoms with Crippen LogP contribution >= 0.6 is 0 Å². The quantitative estimate of drug-likeness (QED) is 0.677. The number of halogens is 1. The number of fused-ring (bicyclic) bond motifs is 1. The van der Waals surface area contributed by atoms with E-state index in [2.05, 4.69) is 4.98 Å². The molecule has 0 amide bonds. The Balaban J connectivity index is 1.77. The molecule has 0 radical (unpaired) electrons. The van der Waals surface area contributed by atoms with E-state index in [0.717, 1.165) is 5.56 Å². The number of carbonyl (C=O) groups excluding carboxylic acids is 1. The van der Waals surface area contributed by atoms with E-state index >= 15 is 0 Å². The van der Waals surface area contributed by atoms with Crippen molar-refractivity contribution in [1.82, 2.24) is 4.98 Å². The number of benzene rings is 1. The number of hydrogen-bond acceptors (Lipinski definition) is 3. The minimum atomic E-state index is -0.448. The van der Waals surface area contributed by atoms with Crippen molar-refractivity contribution in [3.05, 3.63) is 65.9 Å². The van der Waals surface area contributed by atoms with Crippen LogP contribution < -0.4 is 0 Å². The van der Waals surface area contributed by atoms with Crippen molar-refractivity contribution in [2.24, 2.45) is 0 Å². The highest BCUT2D eigenvalue weighted by atomic mass is 19.1. The third-order valence-electron chi connectivity index (χ3n) is 3.16. The number of nitrogens with zero attached hydrogens (tertiary/aromatic N) is 1. The molecule has 0 aliphatic rings. The number of carbonyl (C=O) groups is 1. The van der Waals surface area contributed by atoms with Crippen molar-refractivity contribution >= 4 is 16.8 Å². The molecule has 0 N–H and O–H groups in total. The fourth-order valence-electron chi connectivity index (χ4n) is 2.10. The molecule has 100 valence electrons. The van der Waals surface area contributed by atoms with Crippen molar-refractivity contribution in [3.8, 4) is 0 Å². The predicted molar refractivity (Wildman–Crippen MR) is 73.1 cm³/mol. The summed E-state index contributed by atoms with van der Waals surface area (Å²) in [5.41, 5.74) is 1.18. The average molecular weight is 269 g/mol. The van der Waals surface area contributed by atoms with Crippen LogP contribution in [-0.2, 0) is 6.42 Å². The summed E-state index contributed by atoms with van der Waals surface area (Å²) in [5, 5.41) is 0.609. The predicted octanol–water partition coefficient (Wildman–Crippen LogP) is 3.78. The van der Waals surface area contributed by atoms with Gasteiger partial charge in [-0.2, -0.15) is 0 Å². The van der Waals surface area contributed by atoms with Crippen LogP contribution in [0.2, 0.25) is 0 Å². The van der Waals surface area contributed by atoms with Gasteiger partial charge in [0.25, 0.3) is 0 Å². The summed E-state index contributed by atoms with van der Waals surface area (Å²) in [4.78, 5) is 16.0. The Morgan fingerprint density at radius 2 is 2.00 bits per heavy atom. The number of aryl methyl sites for hydroxylation is 1. The first-order chi connectivity index (χ1) is 9.74. The van der Waals surface area contributed by atoms with E-state index < -0.39 is 5.82 Å². The Labute approximate surface area is 115 Å². The number of aromatic nitrogens is 1. The van der Waals surface area contributed by atoms with Crippen LogP contribution in [0.1, 0.15) is 22.5 Å². The summed E-state index contributed by atoms with van der Waals surface area (Å²) in [6, 6.07) is 9.96. The minimum absolute atomic E-state index is 0.127. The van der Waals surface area contributed by atoms with Gasteiger partial charge in [0.2, 0.25) is 0 Å². The number of rotatable bonds is 4. The maximum atomic E-state index is 13.5. The van der Waals surface area contributed by atoms with Crippen molar-refractivity contribution in [2.75, 3.05) is 0 Å². The number of hydrogen-bond donors (Lipinski definition) is 0. The molecule has 0 aliphatic carbocycles. The molecule has 0 spiro atoms.